The van der Waals surface area contributed by atoms with Crippen molar-refractivity contribution in [2.24, 2.45) is 5.92 Å². The summed E-state index contributed by atoms with van der Waals surface area (Å²) >= 11 is 0. The third kappa shape index (κ3) is 12.1. The van der Waals surface area contributed by atoms with Gasteiger partial charge >= 0.3 is 6.03 Å². The van der Waals surface area contributed by atoms with E-state index in [9.17, 15) is 19.2 Å². The van der Waals surface area contributed by atoms with Gasteiger partial charge in [-0.25, -0.2) is 4.79 Å². The molecule has 12 heteroatoms. The van der Waals surface area contributed by atoms with E-state index in [1.54, 1.807) is 25.1 Å². The highest BCUT2D eigenvalue weighted by atomic mass is 16.5. The maximum Gasteiger partial charge on any atom is 0.315 e. The maximum atomic E-state index is 13.2. The van der Waals surface area contributed by atoms with Gasteiger partial charge in [-0.05, 0) is 68.2 Å². The van der Waals surface area contributed by atoms with Crippen LogP contribution in [0.4, 0.5) is 4.79 Å². The smallest absolute Gasteiger partial charge is 0.315 e. The lowest BCUT2D eigenvalue weighted by Crippen LogP contribution is -2.55. The lowest BCUT2D eigenvalue weighted by Gasteiger charge is -2.23. The molecule has 242 valence electrons. The second kappa shape index (κ2) is 18.4. The van der Waals surface area contributed by atoms with Gasteiger partial charge in [0.2, 0.25) is 11.7 Å². The lowest BCUT2D eigenvalue weighted by atomic mass is 10.0. The summed E-state index contributed by atoms with van der Waals surface area (Å²) in [5.41, 5.74) is 1.57. The second-order valence-corrected chi connectivity index (χ2v) is 11.0. The molecule has 2 aromatic carbocycles. The summed E-state index contributed by atoms with van der Waals surface area (Å²) in [5.74, 6) is -0.289. The van der Waals surface area contributed by atoms with Gasteiger partial charge in [-0.2, -0.15) is 0 Å². The van der Waals surface area contributed by atoms with E-state index in [1.165, 1.54) is 14.2 Å². The minimum absolute atomic E-state index is 0.0756. The average molecular weight is 614 g/mol. The van der Waals surface area contributed by atoms with Gasteiger partial charge in [-0.15, -0.1) is 0 Å². The first kappa shape index (κ1) is 35.9. The Kier molecular flexibility index (Phi) is 15.0. The summed E-state index contributed by atoms with van der Waals surface area (Å²) in [4.78, 5) is 53.5. The van der Waals surface area contributed by atoms with Crippen molar-refractivity contribution in [2.75, 3.05) is 41.5 Å². The van der Waals surface area contributed by atoms with E-state index in [2.05, 4.69) is 21.3 Å². The van der Waals surface area contributed by atoms with E-state index in [1.807, 2.05) is 57.1 Å². The highest BCUT2D eigenvalue weighted by Crippen LogP contribution is 2.27. The van der Waals surface area contributed by atoms with Crippen LogP contribution in [-0.2, 0) is 27.5 Å². The third-order valence-corrected chi connectivity index (χ3v) is 6.68. The first-order valence-corrected chi connectivity index (χ1v) is 14.7. The first-order chi connectivity index (χ1) is 21.0. The monoisotopic (exact) mass is 613 g/mol. The van der Waals surface area contributed by atoms with Crippen LogP contribution in [0.3, 0.4) is 0 Å². The standard InChI is InChI=1S/C32H47N5O7/c1-8-25(29(38)31(40)33-20-23-11-14-27(42-6)28(18-23)43-7)35-30(39)26(17-21(2)3)36-32(41)34-19-22-9-12-24(13-10-22)44-16-15-37(4)5/h9-14,18,21,25-26H,8,15-17,19-20H2,1-7H3,(H,33,40)(H,35,39)(H2,34,36,41)/t25?,26-/m0/s1. The zero-order chi connectivity index (χ0) is 32.6. The quantitative estimate of drug-likeness (QED) is 0.188. The highest BCUT2D eigenvalue weighted by molar-refractivity contribution is 6.38. The van der Waals surface area contributed by atoms with Crippen molar-refractivity contribution < 1.29 is 33.4 Å². The van der Waals surface area contributed by atoms with Gasteiger partial charge in [0.25, 0.3) is 5.91 Å². The highest BCUT2D eigenvalue weighted by Gasteiger charge is 2.29. The number of carbonyl (C=O) groups is 4. The summed E-state index contributed by atoms with van der Waals surface area (Å²) in [7, 11) is 6.98. The molecular formula is C32H47N5O7. The molecule has 0 aliphatic rings. The van der Waals surface area contributed by atoms with Gasteiger partial charge in [-0.1, -0.05) is 39.0 Å². The van der Waals surface area contributed by atoms with Gasteiger partial charge in [0.05, 0.1) is 20.3 Å². The van der Waals surface area contributed by atoms with Crippen LogP contribution in [0.2, 0.25) is 0 Å². The van der Waals surface area contributed by atoms with Crippen LogP contribution in [-0.4, -0.2) is 82.1 Å². The molecule has 0 saturated carbocycles. The van der Waals surface area contributed by atoms with Crippen molar-refractivity contribution in [2.45, 2.75) is 58.8 Å². The normalized spacial score (nSPS) is 12.2. The van der Waals surface area contributed by atoms with E-state index in [0.29, 0.717) is 30.1 Å². The van der Waals surface area contributed by atoms with Gasteiger partial charge in [-0.3, -0.25) is 14.4 Å². The summed E-state index contributed by atoms with van der Waals surface area (Å²) in [5, 5.41) is 10.7. The van der Waals surface area contributed by atoms with Crippen LogP contribution in [0.1, 0.15) is 44.7 Å². The number of rotatable bonds is 18. The molecule has 0 fully saturated rings. The van der Waals surface area contributed by atoms with Gasteiger partial charge in [0.15, 0.2) is 11.5 Å². The van der Waals surface area contributed by atoms with Crippen LogP contribution < -0.4 is 35.5 Å². The number of ketones is 1. The van der Waals surface area contributed by atoms with Gasteiger partial charge in [0, 0.05) is 19.6 Å². The largest absolute Gasteiger partial charge is 0.493 e. The van der Waals surface area contributed by atoms with Crippen molar-refractivity contribution in [1.82, 2.24) is 26.2 Å². The van der Waals surface area contributed by atoms with Crippen molar-refractivity contribution in [3.8, 4) is 17.2 Å². The number of hydrogen-bond donors (Lipinski definition) is 4. The Balaban J connectivity index is 1.92. The Labute approximate surface area is 260 Å². The number of nitrogens with one attached hydrogen (secondary N) is 4. The molecule has 0 aromatic heterocycles. The number of urea groups is 1. The van der Waals surface area contributed by atoms with Crippen molar-refractivity contribution >= 4 is 23.6 Å². The minimum Gasteiger partial charge on any atom is -0.493 e. The van der Waals surface area contributed by atoms with Crippen LogP contribution >= 0.6 is 0 Å². The van der Waals surface area contributed by atoms with Crippen LogP contribution in [0, 0.1) is 5.92 Å². The average Bonchev–Trinajstić information content (AvgIpc) is 3.00. The number of hydrogen-bond acceptors (Lipinski definition) is 8. The first-order valence-electron chi connectivity index (χ1n) is 14.7. The fourth-order valence-electron chi connectivity index (χ4n) is 4.19. The molecule has 1 unspecified atom stereocenters. The zero-order valence-corrected chi connectivity index (χ0v) is 26.8. The Hall–Kier alpha value is -4.32. The number of methoxy groups -OCH3 is 2. The third-order valence-electron chi connectivity index (χ3n) is 6.68. The molecular weight excluding hydrogens is 566 g/mol. The topological polar surface area (TPSA) is 147 Å². The molecule has 44 heavy (non-hydrogen) atoms. The van der Waals surface area contributed by atoms with Gasteiger partial charge in [0.1, 0.15) is 18.4 Å². The number of carbonyl (C=O) groups excluding carboxylic acids is 4. The molecule has 0 radical (unpaired) electrons. The Morgan fingerprint density at radius 2 is 1.45 bits per heavy atom. The van der Waals surface area contributed by atoms with Crippen LogP contribution in [0.25, 0.3) is 0 Å². The lowest BCUT2D eigenvalue weighted by molar-refractivity contribution is -0.140. The van der Waals surface area contributed by atoms with Crippen molar-refractivity contribution in [3.05, 3.63) is 53.6 Å². The number of ether oxygens (including phenoxy) is 3. The molecule has 4 N–H and O–H groups in total. The van der Waals surface area contributed by atoms with Crippen molar-refractivity contribution in [1.29, 1.82) is 0 Å². The number of amides is 4. The maximum absolute atomic E-state index is 13.2. The summed E-state index contributed by atoms with van der Waals surface area (Å²) in [6.07, 6.45) is 0.540. The van der Waals surface area contributed by atoms with Crippen LogP contribution in [0.5, 0.6) is 17.2 Å². The Morgan fingerprint density at radius 1 is 0.818 bits per heavy atom. The number of likely N-dealkylation sites (N-methyl/N-ethyl adjacent to an activating group) is 1. The Morgan fingerprint density at radius 3 is 2.05 bits per heavy atom. The summed E-state index contributed by atoms with van der Waals surface area (Å²) < 4.78 is 16.2. The molecule has 4 amide bonds. The van der Waals surface area contributed by atoms with E-state index < -0.39 is 35.7 Å². The molecule has 2 aromatic rings. The fraction of sp³-hybridized carbons (Fsp3) is 0.500. The summed E-state index contributed by atoms with van der Waals surface area (Å²) in [6.45, 7) is 7.24. The molecule has 0 saturated heterocycles. The minimum atomic E-state index is -1.05. The molecule has 2 atom stereocenters. The molecule has 0 heterocycles. The Bertz CT molecular complexity index is 1230. The zero-order valence-electron chi connectivity index (χ0n) is 26.8. The van der Waals surface area contributed by atoms with Gasteiger partial charge < -0.3 is 40.4 Å². The predicted octanol–water partition coefficient (Wildman–Crippen LogP) is 2.64. The second-order valence-electron chi connectivity index (χ2n) is 11.0. The fourth-order valence-corrected chi connectivity index (χ4v) is 4.19. The molecule has 2 rings (SSSR count). The SMILES string of the molecule is CCC(NC(=O)[C@H](CC(C)C)NC(=O)NCc1ccc(OCCN(C)C)cc1)C(=O)C(=O)NCc1ccc(OC)c(OC)c1. The van der Waals surface area contributed by atoms with E-state index in [4.69, 9.17) is 14.2 Å². The predicted molar refractivity (Wildman–Crippen MR) is 168 cm³/mol. The molecule has 0 spiro atoms. The van der Waals surface area contributed by atoms with E-state index in [-0.39, 0.29) is 25.4 Å². The van der Waals surface area contributed by atoms with Crippen molar-refractivity contribution in [3.63, 3.8) is 0 Å². The summed E-state index contributed by atoms with van der Waals surface area (Å²) in [6, 6.07) is 10.1. The number of Topliss-reactive ketones (excluding diaryl/α,β-unsaturated/α-hetero) is 1. The molecule has 0 aliphatic carbocycles. The van der Waals surface area contributed by atoms with E-state index >= 15 is 0 Å². The molecule has 12 nitrogen and oxygen atoms in total. The van der Waals surface area contributed by atoms with Crippen LogP contribution in [0.15, 0.2) is 42.5 Å². The molecule has 0 aliphatic heterocycles. The molecule has 0 bridgehead atoms. The number of nitrogens with zero attached hydrogens (tertiary/aromatic N) is 1. The number of benzene rings is 2. The van der Waals surface area contributed by atoms with E-state index in [0.717, 1.165) is 17.9 Å².